The Hall–Kier alpha value is -0.200. The highest BCUT2D eigenvalue weighted by atomic mass is 16.7. The van der Waals surface area contributed by atoms with Gasteiger partial charge in [0.05, 0.1) is 12.2 Å². The first-order valence-electron chi connectivity index (χ1n) is 9.67. The molecule has 2 N–H and O–H groups in total. The number of methoxy groups -OCH3 is 2. The van der Waals surface area contributed by atoms with Crippen LogP contribution < -0.4 is 0 Å². The largest absolute Gasteiger partial charge is 0.393 e. The van der Waals surface area contributed by atoms with E-state index in [2.05, 4.69) is 6.92 Å². The average molecular weight is 344 g/mol. The van der Waals surface area contributed by atoms with Crippen molar-refractivity contribution in [1.29, 1.82) is 0 Å². The van der Waals surface area contributed by atoms with Gasteiger partial charge < -0.3 is 24.4 Å². The van der Waals surface area contributed by atoms with Gasteiger partial charge in [0.25, 0.3) is 0 Å². The molecule has 0 aromatic rings. The second kappa shape index (κ2) is 9.48. The quantitative estimate of drug-likeness (QED) is 0.445. The molecule has 2 aliphatic rings. The van der Waals surface area contributed by atoms with Crippen molar-refractivity contribution in [2.24, 2.45) is 11.8 Å². The number of aliphatic hydroxyl groups excluding tert-OH is 2. The SMILES string of the molecule is CCCCCCCC(CC[C@H]1[C@H](O)CC2OC(O)C[C@@H]21)(OC)OC. The van der Waals surface area contributed by atoms with Crippen LogP contribution in [-0.2, 0) is 14.2 Å². The van der Waals surface area contributed by atoms with E-state index in [-0.39, 0.29) is 24.0 Å². The summed E-state index contributed by atoms with van der Waals surface area (Å²) >= 11 is 0. The van der Waals surface area contributed by atoms with E-state index in [1.165, 1.54) is 25.7 Å². The molecule has 0 aromatic heterocycles. The van der Waals surface area contributed by atoms with Crippen LogP contribution in [0.1, 0.15) is 71.1 Å². The standard InChI is InChI=1S/C19H36O5/c1-4-5-6-7-8-10-19(22-2,23-3)11-9-14-15-12-18(21)24-17(15)13-16(14)20/h14-18,20-21H,4-13H2,1-3H3/t14-,15-,16-,17?,18?/m1/s1. The molecule has 2 unspecified atom stereocenters. The molecule has 0 spiro atoms. The molecule has 0 radical (unpaired) electrons. The second-order valence-electron chi connectivity index (χ2n) is 7.52. The van der Waals surface area contributed by atoms with Crippen molar-refractivity contribution in [3.05, 3.63) is 0 Å². The zero-order chi connectivity index (χ0) is 17.6. The predicted molar refractivity (Wildman–Crippen MR) is 92.5 cm³/mol. The number of unbranched alkanes of at least 4 members (excludes halogenated alkanes) is 4. The molecule has 5 nitrogen and oxygen atoms in total. The van der Waals surface area contributed by atoms with Gasteiger partial charge >= 0.3 is 0 Å². The Morgan fingerprint density at radius 2 is 1.71 bits per heavy atom. The predicted octanol–water partition coefficient (Wildman–Crippen LogP) is 3.22. The molecule has 0 aromatic carbocycles. The van der Waals surface area contributed by atoms with E-state index < -0.39 is 12.1 Å². The maximum atomic E-state index is 10.4. The van der Waals surface area contributed by atoms with Crippen LogP contribution in [0.5, 0.6) is 0 Å². The Balaban J connectivity index is 1.83. The summed E-state index contributed by atoms with van der Waals surface area (Å²) in [4.78, 5) is 0. The molecule has 2 rings (SSSR count). The summed E-state index contributed by atoms with van der Waals surface area (Å²) in [6, 6.07) is 0. The van der Waals surface area contributed by atoms with Crippen molar-refractivity contribution in [3.8, 4) is 0 Å². The maximum absolute atomic E-state index is 10.4. The zero-order valence-electron chi connectivity index (χ0n) is 15.6. The van der Waals surface area contributed by atoms with Gasteiger partial charge in [-0.15, -0.1) is 0 Å². The molecule has 0 amide bonds. The van der Waals surface area contributed by atoms with Gasteiger partial charge in [-0.05, 0) is 24.7 Å². The summed E-state index contributed by atoms with van der Waals surface area (Å²) in [7, 11) is 3.43. The number of fused-ring (bicyclic) bond motifs is 1. The van der Waals surface area contributed by atoms with Gasteiger partial charge in [0.2, 0.25) is 0 Å². The van der Waals surface area contributed by atoms with E-state index in [0.717, 1.165) is 25.7 Å². The lowest BCUT2D eigenvalue weighted by Crippen LogP contribution is -2.35. The molecule has 5 atom stereocenters. The molecule has 24 heavy (non-hydrogen) atoms. The smallest absolute Gasteiger partial charge is 0.167 e. The van der Waals surface area contributed by atoms with E-state index >= 15 is 0 Å². The minimum atomic E-state index is -0.664. The first-order valence-corrected chi connectivity index (χ1v) is 9.67. The van der Waals surface area contributed by atoms with Gasteiger partial charge in [0.15, 0.2) is 12.1 Å². The lowest BCUT2D eigenvalue weighted by atomic mass is 9.86. The molecule has 5 heteroatoms. The molecule has 1 aliphatic heterocycles. The summed E-state index contributed by atoms with van der Waals surface area (Å²) < 4.78 is 17.0. The molecule has 1 heterocycles. The molecular weight excluding hydrogens is 308 g/mol. The summed E-state index contributed by atoms with van der Waals surface area (Å²) in [6.07, 6.45) is 8.88. The van der Waals surface area contributed by atoms with Crippen LogP contribution >= 0.6 is 0 Å². The molecular formula is C19H36O5. The third-order valence-electron chi connectivity index (χ3n) is 6.07. The Labute approximate surface area is 146 Å². The number of ether oxygens (including phenoxy) is 3. The Bertz CT molecular complexity index is 358. The summed E-state index contributed by atoms with van der Waals surface area (Å²) in [6.45, 7) is 2.22. The van der Waals surface area contributed by atoms with Crippen LogP contribution in [0.2, 0.25) is 0 Å². The maximum Gasteiger partial charge on any atom is 0.167 e. The molecule has 0 bridgehead atoms. The van der Waals surface area contributed by atoms with Crippen molar-refractivity contribution in [3.63, 3.8) is 0 Å². The lowest BCUT2D eigenvalue weighted by molar-refractivity contribution is -0.218. The Kier molecular flexibility index (Phi) is 7.95. The van der Waals surface area contributed by atoms with Gasteiger partial charge in [-0.3, -0.25) is 0 Å². The van der Waals surface area contributed by atoms with E-state index in [0.29, 0.717) is 12.8 Å². The lowest BCUT2D eigenvalue weighted by Gasteiger charge is -2.33. The molecule has 2 fully saturated rings. The van der Waals surface area contributed by atoms with Gasteiger partial charge in [-0.25, -0.2) is 0 Å². The van der Waals surface area contributed by atoms with E-state index in [4.69, 9.17) is 14.2 Å². The molecule has 1 aliphatic carbocycles. The highest BCUT2D eigenvalue weighted by Gasteiger charge is 2.49. The van der Waals surface area contributed by atoms with Crippen molar-refractivity contribution < 1.29 is 24.4 Å². The molecule has 1 saturated carbocycles. The average Bonchev–Trinajstić information content (AvgIpc) is 3.06. The highest BCUT2D eigenvalue weighted by molar-refractivity contribution is 4.96. The Morgan fingerprint density at radius 3 is 2.38 bits per heavy atom. The Morgan fingerprint density at radius 1 is 1.00 bits per heavy atom. The van der Waals surface area contributed by atoms with E-state index in [1.807, 2.05) is 0 Å². The van der Waals surface area contributed by atoms with Crippen LogP contribution in [-0.4, -0.2) is 48.7 Å². The van der Waals surface area contributed by atoms with Gasteiger partial charge in [-0.2, -0.15) is 0 Å². The third kappa shape index (κ3) is 4.92. The van der Waals surface area contributed by atoms with Crippen molar-refractivity contribution >= 4 is 0 Å². The van der Waals surface area contributed by atoms with Crippen LogP contribution in [0.15, 0.2) is 0 Å². The van der Waals surface area contributed by atoms with Crippen molar-refractivity contribution in [2.45, 2.75) is 95.4 Å². The number of hydrogen-bond donors (Lipinski definition) is 2. The molecule has 142 valence electrons. The normalized spacial score (nSPS) is 33.1. The summed E-state index contributed by atoms with van der Waals surface area (Å²) in [5.74, 6) is -0.134. The van der Waals surface area contributed by atoms with Crippen LogP contribution in [0.3, 0.4) is 0 Å². The second-order valence-corrected chi connectivity index (χ2v) is 7.52. The summed E-state index contributed by atoms with van der Waals surface area (Å²) in [5, 5.41) is 20.0. The first kappa shape index (κ1) is 20.1. The van der Waals surface area contributed by atoms with Gasteiger partial charge in [0, 0.05) is 39.9 Å². The van der Waals surface area contributed by atoms with Crippen LogP contribution in [0, 0.1) is 11.8 Å². The van der Waals surface area contributed by atoms with Crippen LogP contribution in [0.4, 0.5) is 0 Å². The first-order chi connectivity index (χ1) is 11.5. The monoisotopic (exact) mass is 344 g/mol. The molecule has 1 saturated heterocycles. The van der Waals surface area contributed by atoms with E-state index in [9.17, 15) is 10.2 Å². The third-order valence-corrected chi connectivity index (χ3v) is 6.07. The van der Waals surface area contributed by atoms with Crippen molar-refractivity contribution in [1.82, 2.24) is 0 Å². The van der Waals surface area contributed by atoms with Crippen LogP contribution in [0.25, 0.3) is 0 Å². The fourth-order valence-electron chi connectivity index (χ4n) is 4.53. The number of rotatable bonds is 11. The van der Waals surface area contributed by atoms with Gasteiger partial charge in [0.1, 0.15) is 0 Å². The van der Waals surface area contributed by atoms with Crippen molar-refractivity contribution in [2.75, 3.05) is 14.2 Å². The fraction of sp³-hybridized carbons (Fsp3) is 1.00. The minimum absolute atomic E-state index is 0.00790. The summed E-state index contributed by atoms with van der Waals surface area (Å²) in [5.41, 5.74) is 0. The topological polar surface area (TPSA) is 68.2 Å². The highest BCUT2D eigenvalue weighted by Crippen LogP contribution is 2.45. The number of aliphatic hydroxyl groups is 2. The fourth-order valence-corrected chi connectivity index (χ4v) is 4.53. The number of hydrogen-bond acceptors (Lipinski definition) is 5. The zero-order valence-corrected chi connectivity index (χ0v) is 15.6. The van der Waals surface area contributed by atoms with Gasteiger partial charge in [-0.1, -0.05) is 32.6 Å². The van der Waals surface area contributed by atoms with E-state index in [1.54, 1.807) is 14.2 Å². The minimum Gasteiger partial charge on any atom is -0.393 e.